The van der Waals surface area contributed by atoms with Crippen LogP contribution in [0.25, 0.3) is 0 Å². The number of hydrogen-bond acceptors (Lipinski definition) is 4. The molecular formula is C12H15N5O3. The lowest BCUT2D eigenvalue weighted by molar-refractivity contribution is -0.124. The molecule has 0 aliphatic heterocycles. The summed E-state index contributed by atoms with van der Waals surface area (Å²) in [6, 6.07) is 2.60. The third-order valence-corrected chi connectivity index (χ3v) is 2.80. The highest BCUT2D eigenvalue weighted by Gasteiger charge is 2.17. The summed E-state index contributed by atoms with van der Waals surface area (Å²) >= 11 is 0. The Kier molecular flexibility index (Phi) is 4.14. The number of aromatic nitrogens is 4. The first-order chi connectivity index (χ1) is 9.58. The smallest absolute Gasteiger partial charge is 0.356 e. The zero-order valence-corrected chi connectivity index (χ0v) is 10.9. The third-order valence-electron chi connectivity index (χ3n) is 2.80. The van der Waals surface area contributed by atoms with Gasteiger partial charge in [0, 0.05) is 25.1 Å². The average molecular weight is 277 g/mol. The first-order valence-electron chi connectivity index (χ1n) is 6.11. The fourth-order valence-electron chi connectivity index (χ4n) is 1.66. The lowest BCUT2D eigenvalue weighted by Gasteiger charge is -2.12. The summed E-state index contributed by atoms with van der Waals surface area (Å²) in [7, 11) is 0. The van der Waals surface area contributed by atoms with E-state index >= 15 is 0 Å². The Morgan fingerprint density at radius 3 is 2.85 bits per heavy atom. The summed E-state index contributed by atoms with van der Waals surface area (Å²) in [6.45, 7) is 2.67. The van der Waals surface area contributed by atoms with Crippen LogP contribution in [0.15, 0.2) is 30.7 Å². The molecule has 0 aliphatic carbocycles. The highest BCUT2D eigenvalue weighted by atomic mass is 16.4. The molecule has 1 atom stereocenters. The molecule has 0 aromatic carbocycles. The molecule has 2 aromatic rings. The lowest BCUT2D eigenvalue weighted by atomic mass is 10.3. The quantitative estimate of drug-likeness (QED) is 0.782. The van der Waals surface area contributed by atoms with Crippen molar-refractivity contribution in [1.82, 2.24) is 24.9 Å². The molecule has 8 nitrogen and oxygen atoms in total. The van der Waals surface area contributed by atoms with Gasteiger partial charge in [-0.25, -0.2) is 4.79 Å². The van der Waals surface area contributed by atoms with Crippen molar-refractivity contribution in [3.05, 3.63) is 36.4 Å². The van der Waals surface area contributed by atoms with Crippen molar-refractivity contribution >= 4 is 11.9 Å². The van der Waals surface area contributed by atoms with Crippen LogP contribution in [0.4, 0.5) is 0 Å². The topological polar surface area (TPSA) is 102 Å². The lowest BCUT2D eigenvalue weighted by Crippen LogP contribution is -2.33. The van der Waals surface area contributed by atoms with E-state index < -0.39 is 12.0 Å². The number of carboxylic acids is 1. The van der Waals surface area contributed by atoms with Gasteiger partial charge in [0.05, 0.1) is 6.54 Å². The molecule has 2 rings (SSSR count). The minimum Gasteiger partial charge on any atom is -0.476 e. The van der Waals surface area contributed by atoms with E-state index in [1.54, 1.807) is 17.8 Å². The predicted octanol–water partition coefficient (Wildman–Crippen LogP) is 0.155. The van der Waals surface area contributed by atoms with Gasteiger partial charge in [-0.3, -0.25) is 14.2 Å². The van der Waals surface area contributed by atoms with Crippen LogP contribution in [0.3, 0.4) is 0 Å². The summed E-state index contributed by atoms with van der Waals surface area (Å²) in [6.07, 6.45) is 4.95. The number of nitrogens with zero attached hydrogens (tertiary/aromatic N) is 4. The maximum atomic E-state index is 11.9. The maximum Gasteiger partial charge on any atom is 0.356 e. The Morgan fingerprint density at radius 1 is 1.45 bits per heavy atom. The van der Waals surface area contributed by atoms with Crippen LogP contribution in [0.5, 0.6) is 0 Å². The van der Waals surface area contributed by atoms with E-state index in [0.29, 0.717) is 13.1 Å². The molecule has 1 unspecified atom stereocenters. The third kappa shape index (κ3) is 3.22. The largest absolute Gasteiger partial charge is 0.476 e. The van der Waals surface area contributed by atoms with Gasteiger partial charge in [-0.15, -0.1) is 0 Å². The first-order valence-corrected chi connectivity index (χ1v) is 6.11. The summed E-state index contributed by atoms with van der Waals surface area (Å²) in [5.41, 5.74) is -0.0822. The molecule has 0 saturated heterocycles. The van der Waals surface area contributed by atoms with Crippen LogP contribution >= 0.6 is 0 Å². The normalized spacial score (nSPS) is 12.1. The fourth-order valence-corrected chi connectivity index (χ4v) is 1.66. The number of hydrogen-bond donors (Lipinski definition) is 2. The predicted molar refractivity (Wildman–Crippen MR) is 69.1 cm³/mol. The molecule has 2 aromatic heterocycles. The second-order valence-corrected chi connectivity index (χ2v) is 4.22. The molecule has 1 amide bonds. The second kappa shape index (κ2) is 6.00. The zero-order chi connectivity index (χ0) is 14.5. The van der Waals surface area contributed by atoms with Gasteiger partial charge >= 0.3 is 5.97 Å². The SMILES string of the molecule is CC(C(=O)NCCn1cccn1)n1ccc(C(=O)O)n1. The molecule has 0 radical (unpaired) electrons. The highest BCUT2D eigenvalue weighted by molar-refractivity contribution is 5.85. The molecule has 106 valence electrons. The van der Waals surface area contributed by atoms with Crippen molar-refractivity contribution in [1.29, 1.82) is 0 Å². The van der Waals surface area contributed by atoms with Crippen molar-refractivity contribution < 1.29 is 14.7 Å². The second-order valence-electron chi connectivity index (χ2n) is 4.22. The van der Waals surface area contributed by atoms with Crippen LogP contribution < -0.4 is 5.32 Å². The summed E-state index contributed by atoms with van der Waals surface area (Å²) in [5, 5.41) is 19.4. The Balaban J connectivity index is 1.86. The van der Waals surface area contributed by atoms with E-state index in [0.717, 1.165) is 0 Å². The van der Waals surface area contributed by atoms with Gasteiger partial charge in [0.15, 0.2) is 5.69 Å². The first kappa shape index (κ1) is 13.8. The van der Waals surface area contributed by atoms with Crippen LogP contribution in [-0.2, 0) is 11.3 Å². The Bertz CT molecular complexity index is 590. The highest BCUT2D eigenvalue weighted by Crippen LogP contribution is 2.05. The molecule has 0 aliphatic rings. The Morgan fingerprint density at radius 2 is 2.25 bits per heavy atom. The number of nitrogens with one attached hydrogen (secondary N) is 1. The maximum absolute atomic E-state index is 11.9. The summed E-state index contributed by atoms with van der Waals surface area (Å²) < 4.78 is 3.04. The van der Waals surface area contributed by atoms with Crippen molar-refractivity contribution in [2.24, 2.45) is 0 Å². The summed E-state index contributed by atoms with van der Waals surface area (Å²) in [5.74, 6) is -1.34. The minimum absolute atomic E-state index is 0.0822. The average Bonchev–Trinajstić information content (AvgIpc) is 3.08. The van der Waals surface area contributed by atoms with Gasteiger partial charge in [-0.1, -0.05) is 0 Å². The number of rotatable bonds is 6. The monoisotopic (exact) mass is 277 g/mol. The molecule has 0 fully saturated rings. The molecule has 8 heteroatoms. The van der Waals surface area contributed by atoms with Gasteiger partial charge in [0.25, 0.3) is 0 Å². The van der Waals surface area contributed by atoms with Crippen LogP contribution in [-0.4, -0.2) is 43.1 Å². The van der Waals surface area contributed by atoms with Crippen LogP contribution in [0, 0.1) is 0 Å². The van der Waals surface area contributed by atoms with E-state index in [1.807, 2.05) is 12.3 Å². The molecular weight excluding hydrogens is 262 g/mol. The van der Waals surface area contributed by atoms with Crippen molar-refractivity contribution in [3.63, 3.8) is 0 Å². The molecule has 20 heavy (non-hydrogen) atoms. The van der Waals surface area contributed by atoms with Crippen molar-refractivity contribution in [2.45, 2.75) is 19.5 Å². The van der Waals surface area contributed by atoms with Crippen LogP contribution in [0.1, 0.15) is 23.5 Å². The number of carbonyl (C=O) groups excluding carboxylic acids is 1. The Labute approximate surface area is 115 Å². The Hall–Kier alpha value is -2.64. The van der Waals surface area contributed by atoms with Gasteiger partial charge in [-0.05, 0) is 19.1 Å². The summed E-state index contributed by atoms with van der Waals surface area (Å²) in [4.78, 5) is 22.6. The molecule has 2 heterocycles. The van der Waals surface area contributed by atoms with E-state index in [2.05, 4.69) is 15.5 Å². The number of aromatic carboxylic acids is 1. The van der Waals surface area contributed by atoms with E-state index in [4.69, 9.17) is 5.11 Å². The van der Waals surface area contributed by atoms with E-state index in [-0.39, 0.29) is 11.6 Å². The molecule has 0 saturated carbocycles. The number of amides is 1. The standard InChI is InChI=1S/C12H15N5O3/c1-9(17-7-3-10(15-17)12(19)20)11(18)13-5-8-16-6-2-4-14-16/h2-4,6-7,9H,5,8H2,1H3,(H,13,18)(H,19,20). The van der Waals surface area contributed by atoms with E-state index in [1.165, 1.54) is 16.9 Å². The molecule has 0 spiro atoms. The molecule has 2 N–H and O–H groups in total. The van der Waals surface area contributed by atoms with Crippen molar-refractivity contribution in [3.8, 4) is 0 Å². The van der Waals surface area contributed by atoms with Gasteiger partial charge in [0.2, 0.25) is 5.91 Å². The fraction of sp³-hybridized carbons (Fsp3) is 0.333. The van der Waals surface area contributed by atoms with Gasteiger partial charge in [-0.2, -0.15) is 10.2 Å². The van der Waals surface area contributed by atoms with E-state index in [9.17, 15) is 9.59 Å². The van der Waals surface area contributed by atoms with Gasteiger partial charge < -0.3 is 10.4 Å². The van der Waals surface area contributed by atoms with Crippen LogP contribution in [0.2, 0.25) is 0 Å². The zero-order valence-electron chi connectivity index (χ0n) is 10.9. The number of carboxylic acid groups (broad SMARTS) is 1. The van der Waals surface area contributed by atoms with Crippen molar-refractivity contribution in [2.75, 3.05) is 6.54 Å². The number of carbonyl (C=O) groups is 2. The van der Waals surface area contributed by atoms with Gasteiger partial charge in [0.1, 0.15) is 6.04 Å². The minimum atomic E-state index is -1.12. The molecule has 0 bridgehead atoms.